The molecule has 0 N–H and O–H groups in total. The minimum Gasteiger partial charge on any atom is -0.376 e. The standard InChI is InChI=1S/C37H68O8/c1-17-29(38)35(13,14)41-24-21-33(9,10)44-27-37(19-3,26-43-32(7,8)20-23-40-31(4,5)6)28-45-34(11,12)22-25-42-36(15,16)30(39)18-2/h17-18H,1-2,19-28H2,3-16H3. The molecule has 0 amide bonds. The highest BCUT2D eigenvalue weighted by Crippen LogP contribution is 2.32. The van der Waals surface area contributed by atoms with E-state index in [1.807, 2.05) is 48.5 Å². The third kappa shape index (κ3) is 17.9. The first-order valence-corrected chi connectivity index (χ1v) is 16.4. The minimum atomic E-state index is -0.932. The van der Waals surface area contributed by atoms with Crippen LogP contribution in [0.5, 0.6) is 0 Å². The molecule has 0 aromatic heterocycles. The summed E-state index contributed by atoms with van der Waals surface area (Å²) < 4.78 is 37.5. The van der Waals surface area contributed by atoms with E-state index in [-0.39, 0.29) is 17.2 Å². The number of hydrogen-bond acceptors (Lipinski definition) is 8. The number of carbonyl (C=O) groups is 2. The van der Waals surface area contributed by atoms with E-state index in [2.05, 4.69) is 33.9 Å². The molecule has 0 rings (SSSR count). The van der Waals surface area contributed by atoms with E-state index >= 15 is 0 Å². The van der Waals surface area contributed by atoms with Gasteiger partial charge in [0.15, 0.2) is 11.6 Å². The normalized spacial score (nSPS) is 14.0. The van der Waals surface area contributed by atoms with E-state index in [9.17, 15) is 9.59 Å². The molecule has 0 aromatic rings. The maximum Gasteiger partial charge on any atom is 0.186 e. The van der Waals surface area contributed by atoms with Crippen molar-refractivity contribution in [3.05, 3.63) is 25.3 Å². The van der Waals surface area contributed by atoms with Gasteiger partial charge < -0.3 is 28.4 Å². The number of ketones is 2. The van der Waals surface area contributed by atoms with E-state index < -0.39 is 33.4 Å². The summed E-state index contributed by atoms with van der Waals surface area (Å²) in [4.78, 5) is 24.3. The second kappa shape index (κ2) is 17.7. The van der Waals surface area contributed by atoms with Crippen molar-refractivity contribution in [3.63, 3.8) is 0 Å². The molecule has 8 heteroatoms. The zero-order valence-corrected chi connectivity index (χ0v) is 31.4. The van der Waals surface area contributed by atoms with Gasteiger partial charge in [-0.1, -0.05) is 20.1 Å². The van der Waals surface area contributed by atoms with Crippen molar-refractivity contribution < 1.29 is 38.0 Å². The van der Waals surface area contributed by atoms with Crippen LogP contribution in [0.2, 0.25) is 0 Å². The molecule has 45 heavy (non-hydrogen) atoms. The highest BCUT2D eigenvalue weighted by molar-refractivity contribution is 5.96. The van der Waals surface area contributed by atoms with Crippen LogP contribution in [0.4, 0.5) is 0 Å². The smallest absolute Gasteiger partial charge is 0.186 e. The van der Waals surface area contributed by atoms with Crippen LogP contribution in [0.1, 0.15) is 123 Å². The monoisotopic (exact) mass is 640 g/mol. The van der Waals surface area contributed by atoms with Gasteiger partial charge in [-0.3, -0.25) is 9.59 Å². The Hall–Kier alpha value is -1.42. The molecule has 0 saturated carbocycles. The van der Waals surface area contributed by atoms with E-state index in [0.717, 1.165) is 12.8 Å². The predicted octanol–water partition coefficient (Wildman–Crippen LogP) is 7.85. The molecule has 0 aliphatic heterocycles. The largest absolute Gasteiger partial charge is 0.376 e. The van der Waals surface area contributed by atoms with Gasteiger partial charge in [0.05, 0.1) is 55.4 Å². The van der Waals surface area contributed by atoms with Crippen LogP contribution in [0, 0.1) is 5.41 Å². The Bertz CT molecular complexity index is 883. The average Bonchev–Trinajstić information content (AvgIpc) is 2.90. The molecular formula is C37H68O8. The van der Waals surface area contributed by atoms with Crippen LogP contribution in [0.15, 0.2) is 25.3 Å². The molecule has 0 radical (unpaired) electrons. The first-order valence-electron chi connectivity index (χ1n) is 16.4. The van der Waals surface area contributed by atoms with Gasteiger partial charge in [0, 0.05) is 12.0 Å². The summed E-state index contributed by atoms with van der Waals surface area (Å²) in [7, 11) is 0. The van der Waals surface area contributed by atoms with Crippen molar-refractivity contribution in [1.29, 1.82) is 0 Å². The lowest BCUT2D eigenvalue weighted by molar-refractivity contribution is -0.170. The maximum atomic E-state index is 12.1. The fraction of sp³-hybridized carbons (Fsp3) is 0.838. The summed E-state index contributed by atoms with van der Waals surface area (Å²) in [5.74, 6) is -0.306. The minimum absolute atomic E-state index is 0.153. The van der Waals surface area contributed by atoms with Crippen LogP contribution in [0.25, 0.3) is 0 Å². The van der Waals surface area contributed by atoms with E-state index in [0.29, 0.717) is 52.5 Å². The van der Waals surface area contributed by atoms with Gasteiger partial charge in [-0.25, -0.2) is 0 Å². The van der Waals surface area contributed by atoms with Crippen LogP contribution < -0.4 is 0 Å². The van der Waals surface area contributed by atoms with E-state index in [4.69, 9.17) is 28.4 Å². The highest BCUT2D eigenvalue weighted by atomic mass is 16.5. The third-order valence-electron chi connectivity index (χ3n) is 8.19. The van der Waals surface area contributed by atoms with Crippen LogP contribution in [-0.2, 0) is 38.0 Å². The fourth-order valence-corrected chi connectivity index (χ4v) is 4.03. The number of rotatable bonds is 25. The van der Waals surface area contributed by atoms with Crippen LogP contribution in [-0.4, -0.2) is 84.8 Å². The van der Waals surface area contributed by atoms with Crippen molar-refractivity contribution in [2.75, 3.05) is 39.6 Å². The zero-order chi connectivity index (χ0) is 35.4. The topological polar surface area (TPSA) is 89.5 Å². The first kappa shape index (κ1) is 43.6. The summed E-state index contributed by atoms with van der Waals surface area (Å²) >= 11 is 0. The molecule has 0 aromatic carbocycles. The molecule has 0 spiro atoms. The lowest BCUT2D eigenvalue weighted by Crippen LogP contribution is -2.45. The third-order valence-corrected chi connectivity index (χ3v) is 8.19. The molecule has 0 heterocycles. The fourth-order valence-electron chi connectivity index (χ4n) is 4.03. The molecular weight excluding hydrogens is 572 g/mol. The quantitative estimate of drug-likeness (QED) is 0.0932. The molecule has 0 unspecified atom stereocenters. The number of hydrogen-bond donors (Lipinski definition) is 0. The maximum absolute atomic E-state index is 12.1. The molecule has 0 aliphatic carbocycles. The van der Waals surface area contributed by atoms with Gasteiger partial charge in [0.2, 0.25) is 0 Å². The molecule has 264 valence electrons. The predicted molar refractivity (Wildman–Crippen MR) is 183 cm³/mol. The van der Waals surface area contributed by atoms with Crippen molar-refractivity contribution in [2.24, 2.45) is 5.41 Å². The van der Waals surface area contributed by atoms with Crippen molar-refractivity contribution >= 4 is 11.6 Å². The van der Waals surface area contributed by atoms with E-state index in [1.165, 1.54) is 12.2 Å². The van der Waals surface area contributed by atoms with Crippen LogP contribution in [0.3, 0.4) is 0 Å². The highest BCUT2D eigenvalue weighted by Gasteiger charge is 2.37. The molecule has 8 nitrogen and oxygen atoms in total. The summed E-state index contributed by atoms with van der Waals surface area (Å²) in [6, 6.07) is 0. The van der Waals surface area contributed by atoms with Gasteiger partial charge >= 0.3 is 0 Å². The summed E-state index contributed by atoms with van der Waals surface area (Å²) in [6.45, 7) is 37.3. The average molecular weight is 641 g/mol. The van der Waals surface area contributed by atoms with Gasteiger partial charge in [-0.05, 0) is 128 Å². The molecule has 0 fully saturated rings. The van der Waals surface area contributed by atoms with Gasteiger partial charge in [-0.2, -0.15) is 0 Å². The SMILES string of the molecule is C=CC(=O)C(C)(C)OCCC(C)(C)OCC(CC)(COC(C)(C)CCOC(C)(C)C)COC(C)(C)CCOC(C)(C)C(=O)C=C. The Morgan fingerprint density at radius 1 is 0.511 bits per heavy atom. The van der Waals surface area contributed by atoms with Crippen LogP contribution >= 0.6 is 0 Å². The Balaban J connectivity index is 5.67. The van der Waals surface area contributed by atoms with Crippen molar-refractivity contribution in [3.8, 4) is 0 Å². The van der Waals surface area contributed by atoms with Gasteiger partial charge in [0.25, 0.3) is 0 Å². The number of carbonyl (C=O) groups excluding carboxylic acids is 2. The lowest BCUT2D eigenvalue weighted by Gasteiger charge is -2.41. The van der Waals surface area contributed by atoms with E-state index in [1.54, 1.807) is 27.7 Å². The second-order valence-electron chi connectivity index (χ2n) is 16.1. The Morgan fingerprint density at radius 3 is 1.04 bits per heavy atom. The van der Waals surface area contributed by atoms with Crippen molar-refractivity contribution in [2.45, 2.75) is 156 Å². The Kier molecular flexibility index (Phi) is 17.1. The summed E-state index contributed by atoms with van der Waals surface area (Å²) in [5.41, 5.74) is -3.96. The lowest BCUT2D eigenvalue weighted by atomic mass is 9.86. The first-order chi connectivity index (χ1) is 20.3. The summed E-state index contributed by atoms with van der Waals surface area (Å²) in [5, 5.41) is 0. The van der Waals surface area contributed by atoms with Gasteiger partial charge in [-0.15, -0.1) is 0 Å². The van der Waals surface area contributed by atoms with Crippen molar-refractivity contribution in [1.82, 2.24) is 0 Å². The second-order valence-corrected chi connectivity index (χ2v) is 16.1. The zero-order valence-electron chi connectivity index (χ0n) is 31.4. The molecule has 0 aliphatic rings. The molecule has 0 saturated heterocycles. The molecule has 0 bridgehead atoms. The number of ether oxygens (including phenoxy) is 6. The summed E-state index contributed by atoms with van der Waals surface area (Å²) in [6.07, 6.45) is 5.30. The molecule has 0 atom stereocenters. The Labute approximate surface area is 276 Å². The van der Waals surface area contributed by atoms with Gasteiger partial charge in [0.1, 0.15) is 11.2 Å². The Morgan fingerprint density at radius 2 is 0.800 bits per heavy atom.